The van der Waals surface area contributed by atoms with Crippen LogP contribution in [-0.2, 0) is 21.1 Å². The third-order valence-corrected chi connectivity index (χ3v) is 4.15. The minimum atomic E-state index is -6.00. The quantitative estimate of drug-likeness (QED) is 0.246. The van der Waals surface area contributed by atoms with Gasteiger partial charge >= 0.3 is 7.25 Å². The third kappa shape index (κ3) is 12.8. The summed E-state index contributed by atoms with van der Waals surface area (Å²) in [6.45, 7) is 11.0. The molecule has 2 saturated carbocycles. The largest absolute Gasteiger partial charge is 0.673 e. The van der Waals surface area contributed by atoms with Crippen LogP contribution in [0.25, 0.3) is 0 Å². The van der Waals surface area contributed by atoms with E-state index in [1.54, 1.807) is 0 Å². The second kappa shape index (κ2) is 13.6. The van der Waals surface area contributed by atoms with Gasteiger partial charge in [0, 0.05) is 21.1 Å². The van der Waals surface area contributed by atoms with Crippen molar-refractivity contribution in [3.05, 3.63) is 55.3 Å². The van der Waals surface area contributed by atoms with Crippen molar-refractivity contribution < 1.29 is 38.3 Å². The summed E-state index contributed by atoms with van der Waals surface area (Å²) in [4.78, 5) is 0. The molecule has 0 aliphatic heterocycles. The van der Waals surface area contributed by atoms with Gasteiger partial charge < -0.3 is 17.3 Å². The van der Waals surface area contributed by atoms with E-state index >= 15 is 0 Å². The van der Waals surface area contributed by atoms with Crippen LogP contribution in [-0.4, -0.2) is 7.25 Å². The standard InChI is InChI=1S/C10H15.C8H12.BF4.Pt/c1-6-7(2)9(4)10(5)8(6)3;1-2-4-6-8-7-5-3-1;2-1(3,4)5;/h1-5H3;1-2,7-8H,3-6H2;;/q;;-1;. The fourth-order valence-corrected chi connectivity index (χ4v) is 2.26. The maximum absolute atomic E-state index is 9.75. The molecule has 6 heteroatoms. The van der Waals surface area contributed by atoms with Gasteiger partial charge in [0.2, 0.25) is 0 Å². The van der Waals surface area contributed by atoms with Crippen molar-refractivity contribution in [2.24, 2.45) is 0 Å². The summed E-state index contributed by atoms with van der Waals surface area (Å²) in [5.74, 6) is 7.34. The molecule has 141 valence electrons. The Kier molecular flexibility index (Phi) is 15.2. The van der Waals surface area contributed by atoms with Crippen LogP contribution in [0.2, 0.25) is 0 Å². The van der Waals surface area contributed by atoms with Gasteiger partial charge in [0.25, 0.3) is 0 Å². The molecule has 0 bridgehead atoms. The average Bonchev–Trinajstić information content (AvgIpc) is 2.55. The Labute approximate surface area is 161 Å². The van der Waals surface area contributed by atoms with Crippen molar-refractivity contribution in [3.63, 3.8) is 0 Å². The van der Waals surface area contributed by atoms with Gasteiger partial charge in [-0.1, -0.05) is 34.6 Å². The maximum Gasteiger partial charge on any atom is 0.673 e. The third-order valence-electron chi connectivity index (χ3n) is 4.15. The van der Waals surface area contributed by atoms with Crippen LogP contribution in [0.4, 0.5) is 17.3 Å². The van der Waals surface area contributed by atoms with Crippen molar-refractivity contribution >= 4 is 7.25 Å². The normalized spacial score (nSPS) is 22.4. The van der Waals surface area contributed by atoms with Gasteiger partial charge in [0.15, 0.2) is 0 Å². The molecule has 0 unspecified atom stereocenters. The molecule has 0 N–H and O–H groups in total. The molecule has 2 rings (SSSR count). The first-order valence-corrected chi connectivity index (χ1v) is 7.92. The minimum absolute atomic E-state index is 0. The van der Waals surface area contributed by atoms with E-state index in [0.717, 1.165) is 0 Å². The predicted octanol–water partition coefficient (Wildman–Crippen LogP) is 6.65. The first kappa shape index (κ1) is 26.7. The van der Waals surface area contributed by atoms with Crippen molar-refractivity contribution in [1.29, 1.82) is 0 Å². The summed E-state index contributed by atoms with van der Waals surface area (Å²) in [6.07, 6.45) is 14.0. The molecule has 2 fully saturated rings. The van der Waals surface area contributed by atoms with Crippen LogP contribution in [0.3, 0.4) is 0 Å². The molecule has 2 aliphatic rings. The van der Waals surface area contributed by atoms with Crippen LogP contribution in [0.15, 0.2) is 0 Å². The summed E-state index contributed by atoms with van der Waals surface area (Å²) < 4.78 is 39.0. The summed E-state index contributed by atoms with van der Waals surface area (Å²) in [7, 11) is -6.00. The Morgan fingerprint density at radius 3 is 0.792 bits per heavy atom. The maximum atomic E-state index is 9.75. The Hall–Kier alpha value is 0.473. The van der Waals surface area contributed by atoms with Gasteiger partial charge in [-0.3, -0.25) is 0 Å². The van der Waals surface area contributed by atoms with Crippen LogP contribution in [0.5, 0.6) is 0 Å². The second-order valence-corrected chi connectivity index (χ2v) is 5.72. The van der Waals surface area contributed by atoms with Crippen LogP contribution >= 0.6 is 0 Å². The Morgan fingerprint density at radius 1 is 0.542 bits per heavy atom. The van der Waals surface area contributed by atoms with Gasteiger partial charge in [0.1, 0.15) is 0 Å². The fraction of sp³-hybridized carbons (Fsp3) is 0.500. The van der Waals surface area contributed by atoms with E-state index in [4.69, 9.17) is 0 Å². The molecule has 0 spiro atoms. The van der Waals surface area contributed by atoms with Gasteiger partial charge in [-0.2, -0.15) is 0 Å². The molecular formula is C18H27BF4Pt-. The number of hydrogen-bond acceptors (Lipinski definition) is 0. The Bertz CT molecular complexity index is 224. The Balaban J connectivity index is 0. The smallest absolute Gasteiger partial charge is 0.418 e. The number of halogens is 4. The molecule has 0 atom stereocenters. The summed E-state index contributed by atoms with van der Waals surface area (Å²) >= 11 is 0. The molecule has 24 heavy (non-hydrogen) atoms. The topological polar surface area (TPSA) is 0 Å². The Morgan fingerprint density at radius 2 is 0.667 bits per heavy atom. The zero-order valence-electron chi connectivity index (χ0n) is 15.0. The fourth-order valence-electron chi connectivity index (χ4n) is 2.26. The molecule has 0 nitrogen and oxygen atoms in total. The molecule has 0 amide bonds. The van der Waals surface area contributed by atoms with E-state index in [2.05, 4.69) is 60.3 Å². The molecule has 0 aromatic heterocycles. The summed E-state index contributed by atoms with van der Waals surface area (Å²) in [5.41, 5.74) is 0. The van der Waals surface area contributed by atoms with Gasteiger partial charge in [-0.05, 0) is 81.0 Å². The predicted molar refractivity (Wildman–Crippen MR) is 90.4 cm³/mol. The van der Waals surface area contributed by atoms with Crippen LogP contribution < -0.4 is 0 Å². The monoisotopic (exact) mass is 525 g/mol. The second-order valence-electron chi connectivity index (χ2n) is 5.72. The molecule has 0 aromatic rings. The summed E-state index contributed by atoms with van der Waals surface area (Å²) in [6, 6.07) is 0. The molecule has 9 radical (unpaired) electrons. The van der Waals surface area contributed by atoms with Crippen LogP contribution in [0.1, 0.15) is 60.3 Å². The van der Waals surface area contributed by atoms with Gasteiger partial charge in [-0.25, -0.2) is 0 Å². The molecular weight excluding hydrogens is 498 g/mol. The number of rotatable bonds is 0. The summed E-state index contributed by atoms with van der Waals surface area (Å²) in [5, 5.41) is 0. The molecule has 0 aromatic carbocycles. The van der Waals surface area contributed by atoms with Crippen molar-refractivity contribution in [1.82, 2.24) is 0 Å². The first-order chi connectivity index (χ1) is 10.6. The zero-order valence-corrected chi connectivity index (χ0v) is 17.3. The molecule has 0 heterocycles. The molecule has 0 saturated heterocycles. The van der Waals surface area contributed by atoms with Crippen molar-refractivity contribution in [2.75, 3.05) is 0 Å². The van der Waals surface area contributed by atoms with E-state index in [-0.39, 0.29) is 21.1 Å². The van der Waals surface area contributed by atoms with Crippen molar-refractivity contribution in [2.45, 2.75) is 60.3 Å². The van der Waals surface area contributed by atoms with E-state index in [1.807, 2.05) is 0 Å². The van der Waals surface area contributed by atoms with Gasteiger partial charge in [0.05, 0.1) is 0 Å². The minimum Gasteiger partial charge on any atom is -0.418 e. The average molecular weight is 525 g/mol. The van der Waals surface area contributed by atoms with Crippen molar-refractivity contribution in [3.8, 4) is 0 Å². The SMILES string of the molecule is C[C]1[C](C)[C](C)[C](C)[C]1C.F[B-](F)(F)F.[CH]1[CH]CC[CH][CH]CC1.[Pt]. The zero-order chi connectivity index (χ0) is 18.0. The van der Waals surface area contributed by atoms with E-state index in [9.17, 15) is 17.3 Å². The first-order valence-electron chi connectivity index (χ1n) is 7.92. The van der Waals surface area contributed by atoms with E-state index in [0.29, 0.717) is 0 Å². The number of hydrogen-bond donors (Lipinski definition) is 0. The van der Waals surface area contributed by atoms with Crippen LogP contribution in [0, 0.1) is 55.3 Å². The van der Waals surface area contributed by atoms with E-state index < -0.39 is 7.25 Å². The molecule has 2 aliphatic carbocycles. The van der Waals surface area contributed by atoms with Gasteiger partial charge in [-0.15, -0.1) is 0 Å². The van der Waals surface area contributed by atoms with E-state index in [1.165, 1.54) is 55.3 Å².